The van der Waals surface area contributed by atoms with Crippen LogP contribution in [-0.4, -0.2) is 37.4 Å². The molecular formula is C11H14O4S. The number of ketones is 1. The van der Waals surface area contributed by atoms with Crippen LogP contribution in [0.3, 0.4) is 0 Å². The van der Waals surface area contributed by atoms with Gasteiger partial charge in [-0.3, -0.25) is 4.79 Å². The van der Waals surface area contributed by atoms with Crippen molar-refractivity contribution in [2.45, 2.75) is 12.2 Å². The van der Waals surface area contributed by atoms with E-state index in [9.17, 15) is 13.2 Å². The standard InChI is InChI=1S/C11H14O4S/c1-8-5-3-4-6-9(8)11(13)10(7-12)16(2,14)15/h3-6,10,12H,7H2,1-2H3/t10-/m0/s1. The molecule has 0 spiro atoms. The molecule has 1 rings (SSSR count). The summed E-state index contributed by atoms with van der Waals surface area (Å²) in [4.78, 5) is 11.9. The van der Waals surface area contributed by atoms with Crippen LogP contribution in [0.4, 0.5) is 0 Å². The molecule has 1 aromatic carbocycles. The molecule has 1 atom stereocenters. The molecule has 0 fully saturated rings. The molecule has 5 heteroatoms. The minimum atomic E-state index is -3.58. The SMILES string of the molecule is Cc1ccccc1C(=O)[C@H](CO)S(C)(=O)=O. The van der Waals surface area contributed by atoms with E-state index in [2.05, 4.69) is 0 Å². The number of aliphatic hydroxyl groups excluding tert-OH is 1. The maximum Gasteiger partial charge on any atom is 0.183 e. The van der Waals surface area contributed by atoms with E-state index in [0.717, 1.165) is 6.26 Å². The van der Waals surface area contributed by atoms with Crippen LogP contribution in [0.2, 0.25) is 0 Å². The lowest BCUT2D eigenvalue weighted by Gasteiger charge is -2.12. The van der Waals surface area contributed by atoms with Gasteiger partial charge in [0.15, 0.2) is 15.6 Å². The monoisotopic (exact) mass is 242 g/mol. The van der Waals surface area contributed by atoms with Gasteiger partial charge in [0.05, 0.1) is 6.61 Å². The summed E-state index contributed by atoms with van der Waals surface area (Å²) in [5.41, 5.74) is 1.04. The fraction of sp³-hybridized carbons (Fsp3) is 0.364. The fourth-order valence-corrected chi connectivity index (χ4v) is 2.22. The predicted octanol–water partition coefficient (Wildman–Crippen LogP) is 0.583. The summed E-state index contributed by atoms with van der Waals surface area (Å²) in [5.74, 6) is -0.553. The Kier molecular flexibility index (Phi) is 3.83. The molecule has 4 nitrogen and oxygen atoms in total. The third kappa shape index (κ3) is 2.68. The molecule has 0 bridgehead atoms. The highest BCUT2D eigenvalue weighted by Gasteiger charge is 2.29. The van der Waals surface area contributed by atoms with Crippen molar-refractivity contribution in [3.63, 3.8) is 0 Å². The molecule has 0 saturated carbocycles. The molecule has 88 valence electrons. The molecule has 0 heterocycles. The van der Waals surface area contributed by atoms with E-state index in [1.54, 1.807) is 31.2 Å². The van der Waals surface area contributed by atoms with Gasteiger partial charge in [0, 0.05) is 11.8 Å². The van der Waals surface area contributed by atoms with Crippen LogP contribution in [0, 0.1) is 6.92 Å². The highest BCUT2D eigenvalue weighted by atomic mass is 32.2. The van der Waals surface area contributed by atoms with Crippen LogP contribution >= 0.6 is 0 Å². The molecule has 0 radical (unpaired) electrons. The summed E-state index contributed by atoms with van der Waals surface area (Å²) < 4.78 is 22.6. The summed E-state index contributed by atoms with van der Waals surface area (Å²) in [7, 11) is -3.58. The highest BCUT2D eigenvalue weighted by molar-refractivity contribution is 7.92. The van der Waals surface area contributed by atoms with Crippen molar-refractivity contribution in [2.75, 3.05) is 12.9 Å². The predicted molar refractivity (Wildman–Crippen MR) is 61.2 cm³/mol. The lowest BCUT2D eigenvalue weighted by Crippen LogP contribution is -2.33. The van der Waals surface area contributed by atoms with Crippen molar-refractivity contribution < 1.29 is 18.3 Å². The van der Waals surface area contributed by atoms with E-state index in [4.69, 9.17) is 5.11 Å². The topological polar surface area (TPSA) is 71.4 Å². The number of aryl methyl sites for hydroxylation is 1. The van der Waals surface area contributed by atoms with E-state index >= 15 is 0 Å². The van der Waals surface area contributed by atoms with Crippen molar-refractivity contribution in [2.24, 2.45) is 0 Å². The second-order valence-corrected chi connectivity index (χ2v) is 5.91. The second kappa shape index (κ2) is 4.76. The van der Waals surface area contributed by atoms with Gasteiger partial charge in [-0.15, -0.1) is 0 Å². The number of Topliss-reactive ketones (excluding diaryl/α,β-unsaturated/α-hetero) is 1. The van der Waals surface area contributed by atoms with Crippen LogP contribution in [0.25, 0.3) is 0 Å². The van der Waals surface area contributed by atoms with Crippen molar-refractivity contribution in [3.05, 3.63) is 35.4 Å². The Morgan fingerprint density at radius 1 is 1.38 bits per heavy atom. The summed E-state index contributed by atoms with van der Waals surface area (Å²) >= 11 is 0. The van der Waals surface area contributed by atoms with Gasteiger partial charge in [0.25, 0.3) is 0 Å². The molecular weight excluding hydrogens is 228 g/mol. The second-order valence-electron chi connectivity index (χ2n) is 3.68. The Morgan fingerprint density at radius 3 is 2.38 bits per heavy atom. The van der Waals surface area contributed by atoms with Crippen LogP contribution in [0.1, 0.15) is 15.9 Å². The van der Waals surface area contributed by atoms with Gasteiger partial charge in [-0.2, -0.15) is 0 Å². The van der Waals surface area contributed by atoms with Gasteiger partial charge in [0.1, 0.15) is 5.25 Å². The normalized spacial score (nSPS) is 13.4. The first kappa shape index (κ1) is 12.9. The molecule has 0 aromatic heterocycles. The number of aliphatic hydroxyl groups is 1. The van der Waals surface area contributed by atoms with Crippen molar-refractivity contribution >= 4 is 15.6 Å². The first-order valence-corrected chi connectivity index (χ1v) is 6.73. The number of hydrogen-bond acceptors (Lipinski definition) is 4. The van der Waals surface area contributed by atoms with Crippen LogP contribution in [-0.2, 0) is 9.84 Å². The van der Waals surface area contributed by atoms with Crippen molar-refractivity contribution in [1.29, 1.82) is 0 Å². The molecule has 16 heavy (non-hydrogen) atoms. The highest BCUT2D eigenvalue weighted by Crippen LogP contribution is 2.13. The van der Waals surface area contributed by atoms with Gasteiger partial charge < -0.3 is 5.11 Å². The first-order chi connectivity index (χ1) is 7.38. The van der Waals surface area contributed by atoms with Crippen molar-refractivity contribution in [1.82, 2.24) is 0 Å². The molecule has 0 amide bonds. The Hall–Kier alpha value is -1.20. The Balaban J connectivity index is 3.16. The quantitative estimate of drug-likeness (QED) is 0.784. The number of benzene rings is 1. The summed E-state index contributed by atoms with van der Waals surface area (Å²) in [6, 6.07) is 6.72. The number of carbonyl (C=O) groups is 1. The number of carbonyl (C=O) groups excluding carboxylic acids is 1. The summed E-state index contributed by atoms with van der Waals surface area (Å²) in [5, 5.41) is 7.62. The molecule has 0 unspecified atom stereocenters. The van der Waals surface area contributed by atoms with Gasteiger partial charge in [-0.25, -0.2) is 8.42 Å². The van der Waals surface area contributed by atoms with E-state index < -0.39 is 27.5 Å². The van der Waals surface area contributed by atoms with Crippen LogP contribution < -0.4 is 0 Å². The maximum absolute atomic E-state index is 11.9. The zero-order chi connectivity index (χ0) is 12.3. The minimum Gasteiger partial charge on any atom is -0.395 e. The average Bonchev–Trinajstić information content (AvgIpc) is 2.17. The zero-order valence-corrected chi connectivity index (χ0v) is 9.99. The number of hydrogen-bond donors (Lipinski definition) is 1. The summed E-state index contributed by atoms with van der Waals surface area (Å²) in [6.07, 6.45) is 0.948. The fourth-order valence-electron chi connectivity index (χ4n) is 1.44. The average molecular weight is 242 g/mol. The summed E-state index contributed by atoms with van der Waals surface area (Å²) in [6.45, 7) is 1.04. The lowest BCUT2D eigenvalue weighted by molar-refractivity contribution is 0.0961. The third-order valence-electron chi connectivity index (χ3n) is 2.39. The molecule has 0 aliphatic rings. The molecule has 0 aliphatic heterocycles. The van der Waals surface area contributed by atoms with E-state index in [1.165, 1.54) is 0 Å². The van der Waals surface area contributed by atoms with Crippen molar-refractivity contribution in [3.8, 4) is 0 Å². The molecule has 1 aromatic rings. The van der Waals surface area contributed by atoms with E-state index in [0.29, 0.717) is 11.1 Å². The molecule has 1 N–H and O–H groups in total. The molecule has 0 saturated heterocycles. The van der Waals surface area contributed by atoms with Crippen LogP contribution in [0.5, 0.6) is 0 Å². The van der Waals surface area contributed by atoms with Gasteiger partial charge in [-0.05, 0) is 12.5 Å². The number of rotatable bonds is 4. The van der Waals surface area contributed by atoms with Gasteiger partial charge >= 0.3 is 0 Å². The Bertz CT molecular complexity index is 490. The zero-order valence-electron chi connectivity index (χ0n) is 9.17. The number of sulfone groups is 1. The Labute approximate surface area is 94.8 Å². The largest absolute Gasteiger partial charge is 0.395 e. The third-order valence-corrected chi connectivity index (χ3v) is 3.78. The maximum atomic E-state index is 11.9. The Morgan fingerprint density at radius 2 is 1.94 bits per heavy atom. The minimum absolute atomic E-state index is 0.340. The first-order valence-electron chi connectivity index (χ1n) is 4.77. The van der Waals surface area contributed by atoms with E-state index in [1.807, 2.05) is 0 Å². The lowest BCUT2D eigenvalue weighted by atomic mass is 10.0. The van der Waals surface area contributed by atoms with Gasteiger partial charge in [0.2, 0.25) is 0 Å². The smallest absolute Gasteiger partial charge is 0.183 e. The van der Waals surface area contributed by atoms with Gasteiger partial charge in [-0.1, -0.05) is 24.3 Å². The van der Waals surface area contributed by atoms with E-state index in [-0.39, 0.29) is 0 Å². The molecule has 0 aliphatic carbocycles. The van der Waals surface area contributed by atoms with Crippen LogP contribution in [0.15, 0.2) is 24.3 Å².